The standard InChI is InChI=1S/C17H26O10/c1-10(18)24-9-14-17(26-12(3)20)13(25-11(2)19)8-16(27-14)23-7-5-4-6-15(21)22/h13-14,16-17H,4-9H2,1-3H3,(H,21,22)/t13-,14-,16-,17-/m1/s1. The first-order chi connectivity index (χ1) is 12.7. The Kier molecular flexibility index (Phi) is 9.73. The lowest BCUT2D eigenvalue weighted by Crippen LogP contribution is -2.54. The number of carbonyl (C=O) groups is 4. The molecule has 0 radical (unpaired) electrons. The molecule has 0 amide bonds. The third-order valence-corrected chi connectivity index (χ3v) is 3.64. The number of esters is 3. The second kappa shape index (κ2) is 11.5. The van der Waals surface area contributed by atoms with Gasteiger partial charge >= 0.3 is 23.9 Å². The summed E-state index contributed by atoms with van der Waals surface area (Å²) in [5.41, 5.74) is 0. The van der Waals surface area contributed by atoms with E-state index >= 15 is 0 Å². The van der Waals surface area contributed by atoms with E-state index in [1.165, 1.54) is 20.8 Å². The fourth-order valence-corrected chi connectivity index (χ4v) is 2.60. The van der Waals surface area contributed by atoms with Crippen LogP contribution in [0.15, 0.2) is 0 Å². The highest BCUT2D eigenvalue weighted by Crippen LogP contribution is 2.27. The molecule has 1 rings (SSSR count). The molecule has 0 aromatic heterocycles. The van der Waals surface area contributed by atoms with E-state index in [-0.39, 0.29) is 26.1 Å². The molecule has 0 aliphatic carbocycles. The molecule has 154 valence electrons. The van der Waals surface area contributed by atoms with Crippen molar-refractivity contribution in [3.8, 4) is 0 Å². The lowest BCUT2D eigenvalue weighted by molar-refractivity contribution is -0.266. The number of rotatable bonds is 10. The van der Waals surface area contributed by atoms with Gasteiger partial charge in [0.1, 0.15) is 18.8 Å². The smallest absolute Gasteiger partial charge is 0.303 e. The Morgan fingerprint density at radius 1 is 1.00 bits per heavy atom. The molecule has 0 spiro atoms. The zero-order valence-corrected chi connectivity index (χ0v) is 15.7. The van der Waals surface area contributed by atoms with Gasteiger partial charge < -0.3 is 28.8 Å². The maximum atomic E-state index is 11.4. The van der Waals surface area contributed by atoms with Crippen LogP contribution in [0.5, 0.6) is 0 Å². The van der Waals surface area contributed by atoms with Crippen LogP contribution in [-0.2, 0) is 42.9 Å². The molecular weight excluding hydrogens is 364 g/mol. The number of ether oxygens (including phenoxy) is 5. The molecular formula is C17H26O10. The number of hydrogen-bond acceptors (Lipinski definition) is 9. The van der Waals surface area contributed by atoms with E-state index in [0.29, 0.717) is 12.8 Å². The minimum Gasteiger partial charge on any atom is -0.481 e. The van der Waals surface area contributed by atoms with Crippen molar-refractivity contribution in [3.05, 3.63) is 0 Å². The van der Waals surface area contributed by atoms with Gasteiger partial charge in [0.05, 0.1) is 0 Å². The molecule has 1 heterocycles. The van der Waals surface area contributed by atoms with Gasteiger partial charge in [-0.05, 0) is 12.8 Å². The van der Waals surface area contributed by atoms with Crippen molar-refractivity contribution in [3.63, 3.8) is 0 Å². The van der Waals surface area contributed by atoms with Crippen LogP contribution < -0.4 is 0 Å². The fraction of sp³-hybridized carbons (Fsp3) is 0.765. The summed E-state index contributed by atoms with van der Waals surface area (Å²) in [6.45, 7) is 3.69. The van der Waals surface area contributed by atoms with Gasteiger partial charge in [0.25, 0.3) is 0 Å². The van der Waals surface area contributed by atoms with Crippen molar-refractivity contribution < 1.29 is 48.0 Å². The predicted octanol–water partition coefficient (Wildman–Crippen LogP) is 0.799. The van der Waals surface area contributed by atoms with E-state index < -0.39 is 48.5 Å². The molecule has 27 heavy (non-hydrogen) atoms. The molecule has 0 unspecified atom stereocenters. The van der Waals surface area contributed by atoms with Crippen LogP contribution >= 0.6 is 0 Å². The van der Waals surface area contributed by atoms with Crippen molar-refractivity contribution in [1.82, 2.24) is 0 Å². The van der Waals surface area contributed by atoms with Crippen molar-refractivity contribution in [1.29, 1.82) is 0 Å². The Balaban J connectivity index is 2.74. The normalized spacial score (nSPS) is 24.7. The highest BCUT2D eigenvalue weighted by molar-refractivity contribution is 5.68. The summed E-state index contributed by atoms with van der Waals surface area (Å²) in [5.74, 6) is -2.59. The van der Waals surface area contributed by atoms with E-state index in [9.17, 15) is 19.2 Å². The molecule has 0 aromatic carbocycles. The van der Waals surface area contributed by atoms with Gasteiger partial charge in [-0.1, -0.05) is 0 Å². The lowest BCUT2D eigenvalue weighted by atomic mass is 10.0. The van der Waals surface area contributed by atoms with E-state index in [2.05, 4.69) is 0 Å². The number of carboxylic acid groups (broad SMARTS) is 1. The lowest BCUT2D eigenvalue weighted by Gasteiger charge is -2.39. The third-order valence-electron chi connectivity index (χ3n) is 3.64. The van der Waals surface area contributed by atoms with Gasteiger partial charge in [-0.3, -0.25) is 19.2 Å². The van der Waals surface area contributed by atoms with Gasteiger partial charge in [0.15, 0.2) is 12.4 Å². The van der Waals surface area contributed by atoms with E-state index in [4.69, 9.17) is 28.8 Å². The molecule has 10 nitrogen and oxygen atoms in total. The Bertz CT molecular complexity index is 532. The van der Waals surface area contributed by atoms with Crippen LogP contribution in [0.3, 0.4) is 0 Å². The third kappa shape index (κ3) is 9.34. The Morgan fingerprint density at radius 3 is 2.22 bits per heavy atom. The van der Waals surface area contributed by atoms with E-state index in [1.807, 2.05) is 0 Å². The number of carbonyl (C=O) groups excluding carboxylic acids is 3. The van der Waals surface area contributed by atoms with Crippen LogP contribution in [0, 0.1) is 0 Å². The second-order valence-electron chi connectivity index (χ2n) is 6.09. The molecule has 0 saturated carbocycles. The maximum absolute atomic E-state index is 11.4. The quantitative estimate of drug-likeness (QED) is 0.324. The SMILES string of the molecule is CC(=O)OC[C@H]1O[C@@H](OCCCCC(=O)O)C[C@@H](OC(C)=O)[C@H]1OC(C)=O. The highest BCUT2D eigenvalue weighted by atomic mass is 16.7. The van der Waals surface area contributed by atoms with E-state index in [0.717, 1.165) is 0 Å². The van der Waals surface area contributed by atoms with Crippen LogP contribution in [0.2, 0.25) is 0 Å². The minimum atomic E-state index is -0.947. The molecule has 1 N–H and O–H groups in total. The first-order valence-corrected chi connectivity index (χ1v) is 8.65. The summed E-state index contributed by atoms with van der Waals surface area (Å²) in [6.07, 6.45) is -2.33. The summed E-state index contributed by atoms with van der Waals surface area (Å²) in [7, 11) is 0. The second-order valence-corrected chi connectivity index (χ2v) is 6.09. The summed E-state index contributed by atoms with van der Waals surface area (Å²) in [6, 6.07) is 0. The molecule has 1 aliphatic rings. The number of unbranched alkanes of at least 4 members (excludes halogenated alkanes) is 1. The van der Waals surface area contributed by atoms with Crippen LogP contribution in [0.4, 0.5) is 0 Å². The van der Waals surface area contributed by atoms with Crippen molar-refractivity contribution >= 4 is 23.9 Å². The Labute approximate surface area is 157 Å². The first kappa shape index (κ1) is 22.8. The molecule has 0 bridgehead atoms. The van der Waals surface area contributed by atoms with Gasteiger partial charge in [-0.2, -0.15) is 0 Å². The fourth-order valence-electron chi connectivity index (χ4n) is 2.60. The monoisotopic (exact) mass is 390 g/mol. The summed E-state index contributed by atoms with van der Waals surface area (Å²) < 4.78 is 26.7. The van der Waals surface area contributed by atoms with Crippen molar-refractivity contribution in [2.24, 2.45) is 0 Å². The van der Waals surface area contributed by atoms with Gasteiger partial charge in [-0.25, -0.2) is 0 Å². The average Bonchev–Trinajstić information content (AvgIpc) is 2.53. The topological polar surface area (TPSA) is 135 Å². The Morgan fingerprint density at radius 2 is 1.67 bits per heavy atom. The van der Waals surface area contributed by atoms with Crippen molar-refractivity contribution in [2.45, 2.75) is 71.1 Å². The molecule has 1 fully saturated rings. The predicted molar refractivity (Wildman–Crippen MR) is 88.5 cm³/mol. The molecule has 10 heteroatoms. The zero-order valence-electron chi connectivity index (χ0n) is 15.7. The van der Waals surface area contributed by atoms with Gasteiger partial charge in [0.2, 0.25) is 0 Å². The van der Waals surface area contributed by atoms with Crippen LogP contribution in [-0.4, -0.2) is 66.8 Å². The molecule has 1 saturated heterocycles. The number of carboxylic acids is 1. The molecule has 1 aliphatic heterocycles. The number of aliphatic carboxylic acids is 1. The summed E-state index contributed by atoms with van der Waals surface area (Å²) >= 11 is 0. The van der Waals surface area contributed by atoms with Crippen LogP contribution in [0.25, 0.3) is 0 Å². The van der Waals surface area contributed by atoms with Gasteiger partial charge in [-0.15, -0.1) is 0 Å². The summed E-state index contributed by atoms with van der Waals surface area (Å²) in [5, 5.41) is 8.62. The average molecular weight is 390 g/mol. The minimum absolute atomic E-state index is 0.0363. The van der Waals surface area contributed by atoms with Crippen LogP contribution in [0.1, 0.15) is 46.5 Å². The van der Waals surface area contributed by atoms with Gasteiger partial charge in [0, 0.05) is 40.2 Å². The van der Waals surface area contributed by atoms with E-state index in [1.54, 1.807) is 0 Å². The molecule has 4 atom stereocenters. The maximum Gasteiger partial charge on any atom is 0.303 e. The first-order valence-electron chi connectivity index (χ1n) is 8.65. The summed E-state index contributed by atoms with van der Waals surface area (Å²) in [4.78, 5) is 44.4. The highest BCUT2D eigenvalue weighted by Gasteiger charge is 2.44. The molecule has 0 aromatic rings. The van der Waals surface area contributed by atoms with Crippen molar-refractivity contribution in [2.75, 3.05) is 13.2 Å². The Hall–Kier alpha value is -2.20. The number of hydrogen-bond donors (Lipinski definition) is 1. The largest absolute Gasteiger partial charge is 0.481 e. The zero-order chi connectivity index (χ0) is 20.4.